The number of nitrogens with zero attached hydrogens (tertiary/aromatic N) is 1. The van der Waals surface area contributed by atoms with E-state index >= 15 is 0 Å². The van der Waals surface area contributed by atoms with E-state index in [4.69, 9.17) is 5.41 Å². The average Bonchev–Trinajstić information content (AvgIpc) is 2.94. The molecule has 27 heavy (non-hydrogen) atoms. The number of benzene rings is 1. The predicted octanol–water partition coefficient (Wildman–Crippen LogP) is 4.22. The summed E-state index contributed by atoms with van der Waals surface area (Å²) in [7, 11) is 1.54. The molecule has 2 aromatic rings. The molecule has 1 amide bonds. The van der Waals surface area contributed by atoms with Gasteiger partial charge in [-0.05, 0) is 43.2 Å². The molecule has 1 fully saturated rings. The molecule has 2 heterocycles. The van der Waals surface area contributed by atoms with Gasteiger partial charge in [-0.25, -0.2) is 0 Å². The fourth-order valence-electron chi connectivity index (χ4n) is 2.96. The number of guanidine groups is 1. The Bertz CT molecular complexity index is 889. The van der Waals surface area contributed by atoms with Crippen molar-refractivity contribution in [2.45, 2.75) is 32.2 Å². The quantitative estimate of drug-likeness (QED) is 0.815. The van der Waals surface area contributed by atoms with Crippen molar-refractivity contribution in [3.8, 4) is 16.2 Å². The van der Waals surface area contributed by atoms with E-state index in [-0.39, 0.29) is 24.0 Å². The highest BCUT2D eigenvalue weighted by atomic mass is 32.1. The molecule has 0 spiro atoms. The molecule has 0 saturated carbocycles. The van der Waals surface area contributed by atoms with Crippen molar-refractivity contribution in [3.05, 3.63) is 40.8 Å². The molecule has 1 atom stereocenters. The number of ether oxygens (including phenoxy) is 1. The van der Waals surface area contributed by atoms with Gasteiger partial charge in [-0.2, -0.15) is 0 Å². The van der Waals surface area contributed by atoms with Gasteiger partial charge in [-0.3, -0.25) is 15.1 Å². The van der Waals surface area contributed by atoms with Gasteiger partial charge < -0.3 is 10.1 Å². The maximum absolute atomic E-state index is 12.5. The second kappa shape index (κ2) is 6.56. The van der Waals surface area contributed by atoms with Crippen LogP contribution in [0.5, 0.6) is 5.75 Å². The maximum atomic E-state index is 12.5. The zero-order valence-electron chi connectivity index (χ0n) is 14.9. The van der Waals surface area contributed by atoms with Crippen molar-refractivity contribution in [2.24, 2.45) is 0 Å². The van der Waals surface area contributed by atoms with Gasteiger partial charge in [0.25, 0.3) is 0 Å². The summed E-state index contributed by atoms with van der Waals surface area (Å²) in [6.07, 6.45) is -4.57. The highest BCUT2D eigenvalue weighted by Gasteiger charge is 2.39. The van der Waals surface area contributed by atoms with Crippen LogP contribution in [-0.4, -0.2) is 30.2 Å². The van der Waals surface area contributed by atoms with Crippen LogP contribution in [0, 0.1) is 12.3 Å². The number of alkyl halides is 3. The van der Waals surface area contributed by atoms with E-state index in [1.807, 2.05) is 19.9 Å². The van der Waals surface area contributed by atoms with Crippen LogP contribution in [0.2, 0.25) is 0 Å². The summed E-state index contributed by atoms with van der Waals surface area (Å²) in [6.45, 7) is 3.70. The van der Waals surface area contributed by atoms with E-state index in [0.717, 1.165) is 15.3 Å². The van der Waals surface area contributed by atoms with Gasteiger partial charge >= 0.3 is 6.36 Å². The number of carbonyl (C=O) groups excluding carboxylic acids is 1. The Morgan fingerprint density at radius 3 is 2.67 bits per heavy atom. The SMILES string of the molecule is Cc1cc([C@]2(C)CC(=O)N(C)C(=N)N2)sc1-c1cccc(OC(F)(F)F)c1. The summed E-state index contributed by atoms with van der Waals surface area (Å²) in [4.78, 5) is 15.0. The molecule has 0 unspecified atom stereocenters. The molecule has 0 radical (unpaired) electrons. The van der Waals surface area contributed by atoms with Crippen LogP contribution in [-0.2, 0) is 10.3 Å². The van der Waals surface area contributed by atoms with E-state index < -0.39 is 11.9 Å². The van der Waals surface area contributed by atoms with Gasteiger partial charge in [0.05, 0.1) is 12.0 Å². The monoisotopic (exact) mass is 397 g/mol. The lowest BCUT2D eigenvalue weighted by Crippen LogP contribution is -2.57. The molecule has 1 aliphatic rings. The van der Waals surface area contributed by atoms with Gasteiger partial charge in [0, 0.05) is 16.8 Å². The topological polar surface area (TPSA) is 65.4 Å². The summed E-state index contributed by atoms with van der Waals surface area (Å²) in [5, 5.41) is 11.0. The van der Waals surface area contributed by atoms with Crippen LogP contribution in [0.4, 0.5) is 13.2 Å². The average molecular weight is 397 g/mol. The smallest absolute Gasteiger partial charge is 0.406 e. The molecule has 1 saturated heterocycles. The Morgan fingerprint density at radius 1 is 1.33 bits per heavy atom. The van der Waals surface area contributed by atoms with Gasteiger partial charge in [-0.15, -0.1) is 24.5 Å². The van der Waals surface area contributed by atoms with Crippen molar-refractivity contribution in [3.63, 3.8) is 0 Å². The lowest BCUT2D eigenvalue weighted by molar-refractivity contribution is -0.274. The van der Waals surface area contributed by atoms with Gasteiger partial charge in [0.1, 0.15) is 5.75 Å². The number of rotatable bonds is 3. The number of thiophene rings is 1. The van der Waals surface area contributed by atoms with Crippen LogP contribution in [0.3, 0.4) is 0 Å². The Morgan fingerprint density at radius 2 is 2.04 bits per heavy atom. The summed E-state index contributed by atoms with van der Waals surface area (Å²) in [6, 6.07) is 7.71. The fourth-order valence-corrected chi connectivity index (χ4v) is 4.23. The third-order valence-corrected chi connectivity index (χ3v) is 5.95. The maximum Gasteiger partial charge on any atom is 0.573 e. The Balaban J connectivity index is 1.95. The van der Waals surface area contributed by atoms with E-state index in [2.05, 4.69) is 10.1 Å². The first-order valence-electron chi connectivity index (χ1n) is 8.09. The predicted molar refractivity (Wildman–Crippen MR) is 96.8 cm³/mol. The van der Waals surface area contributed by atoms with Crippen molar-refractivity contribution in [1.29, 1.82) is 5.41 Å². The van der Waals surface area contributed by atoms with Crippen LogP contribution in [0.1, 0.15) is 23.8 Å². The molecule has 1 aromatic carbocycles. The zero-order chi connectivity index (χ0) is 20.0. The van der Waals surface area contributed by atoms with E-state index in [0.29, 0.717) is 5.56 Å². The Kier molecular flexibility index (Phi) is 4.67. The molecule has 1 aliphatic heterocycles. The van der Waals surface area contributed by atoms with E-state index in [1.54, 1.807) is 6.07 Å². The highest BCUT2D eigenvalue weighted by molar-refractivity contribution is 7.15. The lowest BCUT2D eigenvalue weighted by Gasteiger charge is -2.38. The first kappa shape index (κ1) is 19.2. The van der Waals surface area contributed by atoms with Crippen molar-refractivity contribution < 1.29 is 22.7 Å². The van der Waals surface area contributed by atoms with Crippen LogP contribution >= 0.6 is 11.3 Å². The minimum atomic E-state index is -4.75. The largest absolute Gasteiger partial charge is 0.573 e. The fraction of sp³-hybridized carbons (Fsp3) is 0.333. The number of carbonyl (C=O) groups is 1. The number of hydrogen-bond donors (Lipinski definition) is 2. The molecular formula is C18H18F3N3O2S. The molecule has 5 nitrogen and oxygen atoms in total. The number of halogens is 3. The Labute approximate surface area is 158 Å². The second-order valence-electron chi connectivity index (χ2n) is 6.63. The normalized spacial score (nSPS) is 20.6. The molecule has 2 N–H and O–H groups in total. The molecule has 0 bridgehead atoms. The van der Waals surface area contributed by atoms with E-state index in [9.17, 15) is 18.0 Å². The minimum absolute atomic E-state index is 0.0157. The molecule has 1 aromatic heterocycles. The number of aryl methyl sites for hydroxylation is 1. The number of nitrogens with one attached hydrogen (secondary N) is 2. The van der Waals surface area contributed by atoms with Gasteiger partial charge in [0.2, 0.25) is 5.91 Å². The first-order chi connectivity index (χ1) is 12.5. The summed E-state index contributed by atoms with van der Waals surface area (Å²) in [5.41, 5.74) is 0.734. The van der Waals surface area contributed by atoms with Crippen molar-refractivity contribution >= 4 is 23.2 Å². The van der Waals surface area contributed by atoms with Crippen molar-refractivity contribution in [1.82, 2.24) is 10.2 Å². The third-order valence-electron chi connectivity index (χ3n) is 4.40. The standard InChI is InChI=1S/C18H18F3N3O2S/c1-10-7-13(17(2)9-14(25)24(3)16(22)23-17)27-15(10)11-5-4-6-12(8-11)26-18(19,20)21/h4-8H,9H2,1-3H3,(H2,22,23)/t17-/m0/s1. The van der Waals surface area contributed by atoms with Crippen molar-refractivity contribution in [2.75, 3.05) is 7.05 Å². The minimum Gasteiger partial charge on any atom is -0.406 e. The lowest BCUT2D eigenvalue weighted by atomic mass is 9.92. The summed E-state index contributed by atoms with van der Waals surface area (Å²) in [5.74, 6) is -0.439. The molecule has 3 rings (SSSR count). The molecule has 0 aliphatic carbocycles. The zero-order valence-corrected chi connectivity index (χ0v) is 15.7. The summed E-state index contributed by atoms with van der Waals surface area (Å²) >= 11 is 1.38. The van der Waals surface area contributed by atoms with Crippen LogP contribution in [0.15, 0.2) is 30.3 Å². The highest BCUT2D eigenvalue weighted by Crippen LogP contribution is 2.41. The number of hydrogen-bond acceptors (Lipinski definition) is 4. The molecular weight excluding hydrogens is 379 g/mol. The first-order valence-corrected chi connectivity index (χ1v) is 8.90. The van der Waals surface area contributed by atoms with Crippen LogP contribution in [0.25, 0.3) is 10.4 Å². The number of amides is 1. The molecule has 144 valence electrons. The van der Waals surface area contributed by atoms with Crippen LogP contribution < -0.4 is 10.1 Å². The third kappa shape index (κ3) is 3.92. The summed E-state index contributed by atoms with van der Waals surface area (Å²) < 4.78 is 41.4. The van der Waals surface area contributed by atoms with E-state index in [1.165, 1.54) is 41.5 Å². The van der Waals surface area contributed by atoms with Gasteiger partial charge in [0.15, 0.2) is 5.96 Å². The Hall–Kier alpha value is -2.55. The van der Waals surface area contributed by atoms with Gasteiger partial charge in [-0.1, -0.05) is 12.1 Å². The second-order valence-corrected chi connectivity index (χ2v) is 7.69. The molecule has 9 heteroatoms.